The normalized spacial score (nSPS) is 12.3. The van der Waals surface area contributed by atoms with Crippen LogP contribution in [0.15, 0.2) is 27.9 Å². The summed E-state index contributed by atoms with van der Waals surface area (Å²) in [6, 6.07) is 3.27. The van der Waals surface area contributed by atoms with Crippen LogP contribution in [-0.2, 0) is 16.4 Å². The first kappa shape index (κ1) is 20.1. The number of benzene rings is 1. The second-order valence-corrected chi connectivity index (χ2v) is 8.77. The average molecular weight is 409 g/mol. The third kappa shape index (κ3) is 5.62. The number of amides is 1. The second kappa shape index (κ2) is 7.55. The molecule has 2 rings (SSSR count). The maximum Gasteiger partial charge on any atom is 0.417 e. The molecule has 0 aliphatic carbocycles. The molecule has 1 heterocycles. The highest BCUT2D eigenvalue weighted by molar-refractivity contribution is 8.01. The van der Waals surface area contributed by atoms with E-state index < -0.39 is 22.7 Å². The molecule has 0 bridgehead atoms. The number of rotatable bonds is 4. The van der Waals surface area contributed by atoms with E-state index in [0.717, 1.165) is 22.2 Å². The van der Waals surface area contributed by atoms with Crippen LogP contribution in [-0.4, -0.2) is 16.6 Å². The van der Waals surface area contributed by atoms with Gasteiger partial charge in [-0.05, 0) is 18.2 Å². The van der Waals surface area contributed by atoms with Gasteiger partial charge >= 0.3 is 6.18 Å². The van der Waals surface area contributed by atoms with E-state index in [4.69, 9.17) is 11.6 Å². The monoisotopic (exact) mass is 408 g/mol. The van der Waals surface area contributed by atoms with Crippen molar-refractivity contribution in [1.82, 2.24) is 4.98 Å². The second-order valence-electron chi connectivity index (χ2n) is 6.28. The van der Waals surface area contributed by atoms with E-state index in [1.807, 2.05) is 26.2 Å². The number of thiazole rings is 1. The van der Waals surface area contributed by atoms with Crippen LogP contribution in [0.25, 0.3) is 0 Å². The van der Waals surface area contributed by atoms with E-state index in [1.165, 1.54) is 29.2 Å². The Bertz CT molecular complexity index is 769. The largest absolute Gasteiger partial charge is 0.417 e. The standard InChI is InChI=1S/C16H16ClF3N2OS2/c1-15(2,3)12-7-24-14(22-12)25-8-13(23)21-9-4-5-11(17)10(6-9)16(18,19)20/h4-7H,8H2,1-3H3,(H,21,23). The predicted octanol–water partition coefficient (Wildman–Crippen LogP) is 5.84. The van der Waals surface area contributed by atoms with Gasteiger partial charge in [0.1, 0.15) is 0 Å². The summed E-state index contributed by atoms with van der Waals surface area (Å²) in [5, 5.41) is 3.98. The van der Waals surface area contributed by atoms with Crippen molar-refractivity contribution in [2.24, 2.45) is 0 Å². The molecule has 3 nitrogen and oxygen atoms in total. The summed E-state index contributed by atoms with van der Waals surface area (Å²) in [7, 11) is 0. The van der Waals surface area contributed by atoms with Crippen molar-refractivity contribution < 1.29 is 18.0 Å². The fourth-order valence-electron chi connectivity index (χ4n) is 1.81. The molecular weight excluding hydrogens is 393 g/mol. The van der Waals surface area contributed by atoms with E-state index >= 15 is 0 Å². The van der Waals surface area contributed by atoms with Gasteiger partial charge < -0.3 is 5.32 Å². The van der Waals surface area contributed by atoms with Gasteiger partial charge in [0, 0.05) is 16.5 Å². The summed E-state index contributed by atoms with van der Waals surface area (Å²) in [4.78, 5) is 16.4. The molecule has 136 valence electrons. The predicted molar refractivity (Wildman–Crippen MR) is 96.6 cm³/mol. The van der Waals surface area contributed by atoms with Crippen LogP contribution >= 0.6 is 34.7 Å². The Hall–Kier alpha value is -1.25. The minimum Gasteiger partial charge on any atom is -0.325 e. The number of alkyl halides is 3. The third-order valence-corrected chi connectivity index (χ3v) is 5.48. The Morgan fingerprint density at radius 3 is 2.56 bits per heavy atom. The van der Waals surface area contributed by atoms with Crippen LogP contribution in [0.3, 0.4) is 0 Å². The summed E-state index contributed by atoms with van der Waals surface area (Å²) in [5.74, 6) is -0.353. The smallest absolute Gasteiger partial charge is 0.325 e. The molecule has 0 spiro atoms. The maximum atomic E-state index is 12.8. The lowest BCUT2D eigenvalue weighted by atomic mass is 9.93. The average Bonchev–Trinajstić information content (AvgIpc) is 2.95. The number of hydrogen-bond donors (Lipinski definition) is 1. The van der Waals surface area contributed by atoms with Crippen molar-refractivity contribution in [3.63, 3.8) is 0 Å². The summed E-state index contributed by atoms with van der Waals surface area (Å²) in [6.45, 7) is 6.13. The number of hydrogen-bond acceptors (Lipinski definition) is 4. The molecule has 25 heavy (non-hydrogen) atoms. The van der Waals surface area contributed by atoms with Crippen molar-refractivity contribution >= 4 is 46.3 Å². The van der Waals surface area contributed by atoms with E-state index in [2.05, 4.69) is 10.3 Å². The van der Waals surface area contributed by atoms with Crippen LogP contribution in [0.4, 0.5) is 18.9 Å². The first-order chi connectivity index (χ1) is 11.5. The van der Waals surface area contributed by atoms with E-state index in [-0.39, 0.29) is 16.9 Å². The van der Waals surface area contributed by atoms with Crippen LogP contribution < -0.4 is 5.32 Å². The Morgan fingerprint density at radius 1 is 1.32 bits per heavy atom. The number of carbonyl (C=O) groups is 1. The number of aromatic nitrogens is 1. The number of halogens is 4. The first-order valence-corrected chi connectivity index (χ1v) is 9.46. The zero-order chi connectivity index (χ0) is 18.8. The Morgan fingerprint density at radius 2 is 2.00 bits per heavy atom. The number of nitrogens with one attached hydrogen (secondary N) is 1. The van der Waals surface area contributed by atoms with Gasteiger partial charge in [-0.2, -0.15) is 13.2 Å². The topological polar surface area (TPSA) is 42.0 Å². The SMILES string of the molecule is CC(C)(C)c1csc(SCC(=O)Nc2ccc(Cl)c(C(F)(F)F)c2)n1. The van der Waals surface area contributed by atoms with Gasteiger partial charge in [-0.3, -0.25) is 4.79 Å². The van der Waals surface area contributed by atoms with Gasteiger partial charge in [-0.25, -0.2) is 4.98 Å². The lowest BCUT2D eigenvalue weighted by Crippen LogP contribution is -2.15. The van der Waals surface area contributed by atoms with Crippen LogP contribution in [0.2, 0.25) is 5.02 Å². The quantitative estimate of drug-likeness (QED) is 0.646. The molecule has 2 aromatic rings. The summed E-state index contributed by atoms with van der Waals surface area (Å²) in [5.41, 5.74) is -0.0614. The highest BCUT2D eigenvalue weighted by atomic mass is 35.5. The molecule has 0 saturated heterocycles. The van der Waals surface area contributed by atoms with Crippen molar-refractivity contribution in [2.45, 2.75) is 36.7 Å². The molecular formula is C16H16ClF3N2OS2. The molecule has 0 saturated carbocycles. The number of anilines is 1. The van der Waals surface area contributed by atoms with Gasteiger partial charge in [0.15, 0.2) is 4.34 Å². The molecule has 9 heteroatoms. The van der Waals surface area contributed by atoms with Gasteiger partial charge in [-0.15, -0.1) is 11.3 Å². The molecule has 0 unspecified atom stereocenters. The van der Waals surface area contributed by atoms with Crippen molar-refractivity contribution in [3.05, 3.63) is 39.9 Å². The number of carbonyl (C=O) groups excluding carboxylic acids is 1. The van der Waals surface area contributed by atoms with Gasteiger partial charge in [0.2, 0.25) is 5.91 Å². The Labute approximate surface area is 157 Å². The number of thioether (sulfide) groups is 1. The lowest BCUT2D eigenvalue weighted by Gasteiger charge is -2.14. The Kier molecular flexibility index (Phi) is 6.06. The summed E-state index contributed by atoms with van der Waals surface area (Å²) >= 11 is 8.24. The zero-order valence-electron chi connectivity index (χ0n) is 13.7. The molecule has 0 radical (unpaired) electrons. The van der Waals surface area contributed by atoms with E-state index in [1.54, 1.807) is 0 Å². The maximum absolute atomic E-state index is 12.8. The van der Waals surface area contributed by atoms with Crippen molar-refractivity contribution in [3.8, 4) is 0 Å². The Balaban J connectivity index is 1.98. The van der Waals surface area contributed by atoms with Crippen molar-refractivity contribution in [1.29, 1.82) is 0 Å². The lowest BCUT2D eigenvalue weighted by molar-refractivity contribution is -0.137. The number of nitrogens with zero attached hydrogens (tertiary/aromatic N) is 1. The first-order valence-electron chi connectivity index (χ1n) is 7.22. The van der Waals surface area contributed by atoms with Gasteiger partial charge in [-0.1, -0.05) is 44.1 Å². The molecule has 1 aromatic carbocycles. The van der Waals surface area contributed by atoms with Gasteiger partial charge in [0.05, 0.1) is 22.0 Å². The fourth-order valence-corrected chi connectivity index (χ4v) is 3.89. The van der Waals surface area contributed by atoms with Crippen LogP contribution in [0, 0.1) is 0 Å². The third-order valence-electron chi connectivity index (χ3n) is 3.13. The van der Waals surface area contributed by atoms with E-state index in [0.29, 0.717) is 0 Å². The fraction of sp³-hybridized carbons (Fsp3) is 0.375. The molecule has 0 fully saturated rings. The van der Waals surface area contributed by atoms with Crippen LogP contribution in [0.1, 0.15) is 32.0 Å². The van der Waals surface area contributed by atoms with E-state index in [9.17, 15) is 18.0 Å². The molecule has 1 amide bonds. The summed E-state index contributed by atoms with van der Waals surface area (Å²) in [6.07, 6.45) is -4.57. The highest BCUT2D eigenvalue weighted by Crippen LogP contribution is 2.36. The molecule has 1 aromatic heterocycles. The minimum absolute atomic E-state index is 0.0526. The molecule has 1 N–H and O–H groups in total. The molecule has 0 aliphatic rings. The molecule has 0 atom stereocenters. The zero-order valence-corrected chi connectivity index (χ0v) is 16.1. The van der Waals surface area contributed by atoms with Gasteiger partial charge in [0.25, 0.3) is 0 Å². The molecule has 0 aliphatic heterocycles. The minimum atomic E-state index is -4.57. The van der Waals surface area contributed by atoms with Crippen molar-refractivity contribution in [2.75, 3.05) is 11.1 Å². The van der Waals surface area contributed by atoms with Crippen LogP contribution in [0.5, 0.6) is 0 Å². The highest BCUT2D eigenvalue weighted by Gasteiger charge is 2.33. The summed E-state index contributed by atoms with van der Waals surface area (Å²) < 4.78 is 39.2.